The van der Waals surface area contributed by atoms with Crippen LogP contribution in [0.5, 0.6) is 0 Å². The Morgan fingerprint density at radius 3 is 2.27 bits per heavy atom. The summed E-state index contributed by atoms with van der Waals surface area (Å²) in [5.74, 6) is -1.01. The van der Waals surface area contributed by atoms with Crippen molar-refractivity contribution in [3.8, 4) is 0 Å². The zero-order valence-electron chi connectivity index (χ0n) is 9.28. The lowest BCUT2D eigenvalue weighted by atomic mass is 10.2. The van der Waals surface area contributed by atoms with Gasteiger partial charge in [-0.2, -0.15) is 0 Å². The van der Waals surface area contributed by atoms with Gasteiger partial charge in [0.1, 0.15) is 13.2 Å². The fourth-order valence-electron chi connectivity index (χ4n) is 0.679. The molecule has 0 aromatic carbocycles. The molecule has 0 heterocycles. The minimum atomic E-state index is -0.532. The molecule has 0 saturated carbocycles. The quantitative estimate of drug-likeness (QED) is 0.412. The fourth-order valence-corrected chi connectivity index (χ4v) is 0.679. The zero-order chi connectivity index (χ0) is 11.8. The third-order valence-corrected chi connectivity index (χ3v) is 1.39. The van der Waals surface area contributed by atoms with Crippen molar-refractivity contribution in [1.29, 1.82) is 0 Å². The maximum Gasteiger partial charge on any atom is 0.332 e. The van der Waals surface area contributed by atoms with Crippen LogP contribution < -0.4 is 5.73 Å². The summed E-state index contributed by atoms with van der Waals surface area (Å²) in [5.41, 5.74) is 5.63. The van der Waals surface area contributed by atoms with Crippen molar-refractivity contribution >= 4 is 11.9 Å². The summed E-state index contributed by atoms with van der Waals surface area (Å²) in [7, 11) is 0. The molecule has 0 spiro atoms. The molecule has 0 aliphatic rings. The maximum absolute atomic E-state index is 11.0. The molecule has 5 nitrogen and oxygen atoms in total. The molecule has 0 fully saturated rings. The zero-order valence-corrected chi connectivity index (χ0v) is 9.28. The summed E-state index contributed by atoms with van der Waals surface area (Å²) in [5, 5.41) is 0. The minimum Gasteiger partial charge on any atom is -0.462 e. The Labute approximate surface area is 89.2 Å². The first-order valence-corrected chi connectivity index (χ1v) is 4.70. The summed E-state index contributed by atoms with van der Waals surface area (Å²) < 4.78 is 9.50. The second-order valence-electron chi connectivity index (χ2n) is 3.38. The number of esters is 2. The highest BCUT2D eigenvalue weighted by atomic mass is 16.6. The number of rotatable bonds is 5. The monoisotopic (exact) mass is 215 g/mol. The van der Waals surface area contributed by atoms with E-state index in [1.165, 1.54) is 6.08 Å². The van der Waals surface area contributed by atoms with E-state index in [0.29, 0.717) is 5.70 Å². The van der Waals surface area contributed by atoms with Gasteiger partial charge in [0, 0.05) is 11.8 Å². The molecular formula is C10H17NO4. The molecule has 0 bridgehead atoms. The van der Waals surface area contributed by atoms with E-state index in [1.807, 2.05) is 0 Å². The Bertz CT molecular complexity index is 254. The molecule has 0 unspecified atom stereocenters. The van der Waals surface area contributed by atoms with Gasteiger partial charge in [0.25, 0.3) is 0 Å². The molecule has 0 aliphatic heterocycles. The summed E-state index contributed by atoms with van der Waals surface area (Å²) in [6.07, 6.45) is 1.17. The maximum atomic E-state index is 11.0. The van der Waals surface area contributed by atoms with Gasteiger partial charge in [-0.25, -0.2) is 4.79 Å². The predicted octanol–water partition coefficient (Wildman–Crippen LogP) is 0.591. The number of carbonyl (C=O) groups excluding carboxylic acids is 2. The molecule has 15 heavy (non-hydrogen) atoms. The first-order valence-electron chi connectivity index (χ1n) is 4.70. The predicted molar refractivity (Wildman–Crippen MR) is 54.7 cm³/mol. The molecule has 0 aliphatic carbocycles. The minimum absolute atomic E-state index is 0.0427. The Morgan fingerprint density at radius 2 is 1.80 bits per heavy atom. The van der Waals surface area contributed by atoms with Crippen molar-refractivity contribution in [2.45, 2.75) is 20.8 Å². The largest absolute Gasteiger partial charge is 0.462 e. The molecule has 2 N–H and O–H groups in total. The lowest BCUT2D eigenvalue weighted by molar-refractivity contribution is -0.152. The highest BCUT2D eigenvalue weighted by Gasteiger charge is 2.07. The summed E-state index contributed by atoms with van der Waals surface area (Å²) in [6, 6.07) is 0. The molecule has 0 aromatic rings. The van der Waals surface area contributed by atoms with Crippen molar-refractivity contribution in [1.82, 2.24) is 0 Å². The molecule has 0 atom stereocenters. The SMILES string of the molecule is CC(N)=CC(=O)OCCOC(=O)C(C)C. The molecule has 0 radical (unpaired) electrons. The van der Waals surface area contributed by atoms with Crippen LogP contribution in [0, 0.1) is 5.92 Å². The Morgan fingerprint density at radius 1 is 1.27 bits per heavy atom. The van der Waals surface area contributed by atoms with Crippen LogP contribution in [0.2, 0.25) is 0 Å². The molecule has 5 heteroatoms. The van der Waals surface area contributed by atoms with Gasteiger partial charge < -0.3 is 15.2 Å². The lowest BCUT2D eigenvalue weighted by Gasteiger charge is -2.06. The Balaban J connectivity index is 3.60. The van der Waals surface area contributed by atoms with Gasteiger partial charge in [-0.15, -0.1) is 0 Å². The van der Waals surface area contributed by atoms with E-state index >= 15 is 0 Å². The average molecular weight is 215 g/mol. The van der Waals surface area contributed by atoms with Crippen LogP contribution in [0.25, 0.3) is 0 Å². The molecule has 0 aromatic heterocycles. The van der Waals surface area contributed by atoms with Crippen LogP contribution in [0.4, 0.5) is 0 Å². The van der Waals surface area contributed by atoms with Crippen molar-refractivity contribution < 1.29 is 19.1 Å². The summed E-state index contributed by atoms with van der Waals surface area (Å²) in [4.78, 5) is 21.9. The molecule has 0 rings (SSSR count). The highest BCUT2D eigenvalue weighted by molar-refractivity contribution is 5.82. The summed E-state index contributed by atoms with van der Waals surface area (Å²) in [6.45, 7) is 5.16. The number of allylic oxidation sites excluding steroid dienone is 1. The summed E-state index contributed by atoms with van der Waals surface area (Å²) >= 11 is 0. The topological polar surface area (TPSA) is 78.6 Å². The van der Waals surface area contributed by atoms with Crippen molar-refractivity contribution in [2.24, 2.45) is 11.7 Å². The fraction of sp³-hybridized carbons (Fsp3) is 0.600. The van der Waals surface area contributed by atoms with Crippen molar-refractivity contribution in [2.75, 3.05) is 13.2 Å². The van der Waals surface area contributed by atoms with E-state index in [2.05, 4.69) is 0 Å². The number of hydrogen-bond donors (Lipinski definition) is 1. The van der Waals surface area contributed by atoms with E-state index in [9.17, 15) is 9.59 Å². The third kappa shape index (κ3) is 7.54. The van der Waals surface area contributed by atoms with Crippen LogP contribution in [0.1, 0.15) is 20.8 Å². The van der Waals surface area contributed by atoms with E-state index in [0.717, 1.165) is 0 Å². The van der Waals surface area contributed by atoms with Gasteiger partial charge in [0.2, 0.25) is 0 Å². The van der Waals surface area contributed by atoms with Gasteiger partial charge in [-0.3, -0.25) is 4.79 Å². The second kappa shape index (κ2) is 6.86. The van der Waals surface area contributed by atoms with Gasteiger partial charge in [0.15, 0.2) is 0 Å². The standard InChI is InChI=1S/C10H17NO4/c1-7(2)10(13)15-5-4-14-9(12)6-8(3)11/h6-7H,4-5,11H2,1-3H3. The molecule has 86 valence electrons. The average Bonchev–Trinajstić information content (AvgIpc) is 2.10. The first-order chi connectivity index (χ1) is 6.93. The Hall–Kier alpha value is -1.52. The van der Waals surface area contributed by atoms with Gasteiger partial charge in [-0.05, 0) is 6.92 Å². The van der Waals surface area contributed by atoms with Crippen LogP contribution in [-0.4, -0.2) is 25.2 Å². The number of nitrogens with two attached hydrogens (primary N) is 1. The van der Waals surface area contributed by atoms with Gasteiger partial charge >= 0.3 is 11.9 Å². The van der Waals surface area contributed by atoms with Crippen LogP contribution in [-0.2, 0) is 19.1 Å². The van der Waals surface area contributed by atoms with E-state index in [4.69, 9.17) is 15.2 Å². The lowest BCUT2D eigenvalue weighted by Crippen LogP contribution is -2.16. The van der Waals surface area contributed by atoms with E-state index in [1.54, 1.807) is 20.8 Å². The number of ether oxygens (including phenoxy) is 2. The van der Waals surface area contributed by atoms with Gasteiger partial charge in [0.05, 0.1) is 5.92 Å². The third-order valence-electron chi connectivity index (χ3n) is 1.39. The normalized spacial score (nSPS) is 11.3. The van der Waals surface area contributed by atoms with Crippen LogP contribution in [0.3, 0.4) is 0 Å². The number of hydrogen-bond acceptors (Lipinski definition) is 5. The van der Waals surface area contributed by atoms with E-state index < -0.39 is 5.97 Å². The van der Waals surface area contributed by atoms with E-state index in [-0.39, 0.29) is 25.1 Å². The number of carbonyl (C=O) groups is 2. The molecular weight excluding hydrogens is 198 g/mol. The van der Waals surface area contributed by atoms with Crippen molar-refractivity contribution in [3.63, 3.8) is 0 Å². The van der Waals surface area contributed by atoms with Crippen LogP contribution in [0.15, 0.2) is 11.8 Å². The Kier molecular flexibility index (Phi) is 6.17. The smallest absolute Gasteiger partial charge is 0.332 e. The molecule has 0 amide bonds. The second-order valence-corrected chi connectivity index (χ2v) is 3.38. The first kappa shape index (κ1) is 13.5. The molecule has 0 saturated heterocycles. The highest BCUT2D eigenvalue weighted by Crippen LogP contribution is 1.95. The van der Waals surface area contributed by atoms with Crippen LogP contribution >= 0.6 is 0 Å². The van der Waals surface area contributed by atoms with Crippen molar-refractivity contribution in [3.05, 3.63) is 11.8 Å². The van der Waals surface area contributed by atoms with Gasteiger partial charge in [-0.1, -0.05) is 13.8 Å².